The van der Waals surface area contributed by atoms with E-state index in [4.69, 9.17) is 9.47 Å². The molecule has 0 fully saturated rings. The van der Waals surface area contributed by atoms with E-state index in [1.165, 1.54) is 0 Å². The second kappa shape index (κ2) is 4.53. The molecule has 0 saturated heterocycles. The van der Waals surface area contributed by atoms with Gasteiger partial charge in [-0.05, 0) is 30.2 Å². The summed E-state index contributed by atoms with van der Waals surface area (Å²) in [6, 6.07) is 12.7. The SMILES string of the molecule is Cc1ccccc1-c1cc2cc3c(cc2n(O)c1=O)OCO3. The first-order chi connectivity index (χ1) is 10.6. The molecule has 0 atom stereocenters. The number of rotatable bonds is 1. The van der Waals surface area contributed by atoms with Gasteiger partial charge in [0.25, 0.3) is 5.56 Å². The standard InChI is InChI=1S/C17H13NO4/c1-10-4-2-3-5-12(10)13-6-11-7-15-16(22-9-21-15)8-14(11)18(20)17(13)19/h2-8,20H,9H2,1H3. The number of pyridine rings is 1. The zero-order chi connectivity index (χ0) is 15.3. The maximum Gasteiger partial charge on any atom is 0.291 e. The van der Waals surface area contributed by atoms with Gasteiger partial charge in [0.15, 0.2) is 11.5 Å². The molecule has 5 heteroatoms. The summed E-state index contributed by atoms with van der Waals surface area (Å²) in [4.78, 5) is 12.5. The lowest BCUT2D eigenvalue weighted by atomic mass is 10.0. The van der Waals surface area contributed by atoms with Crippen molar-refractivity contribution >= 4 is 10.9 Å². The summed E-state index contributed by atoms with van der Waals surface area (Å²) in [5.41, 5.74) is 2.16. The van der Waals surface area contributed by atoms with Gasteiger partial charge in [0, 0.05) is 11.5 Å². The molecule has 22 heavy (non-hydrogen) atoms. The van der Waals surface area contributed by atoms with Crippen LogP contribution in [0.1, 0.15) is 5.56 Å². The topological polar surface area (TPSA) is 60.7 Å². The van der Waals surface area contributed by atoms with Crippen LogP contribution in [-0.2, 0) is 0 Å². The van der Waals surface area contributed by atoms with E-state index in [1.807, 2.05) is 31.2 Å². The van der Waals surface area contributed by atoms with Crippen molar-refractivity contribution in [2.75, 3.05) is 6.79 Å². The van der Waals surface area contributed by atoms with Gasteiger partial charge in [-0.3, -0.25) is 4.79 Å². The smallest absolute Gasteiger partial charge is 0.291 e. The third kappa shape index (κ3) is 1.75. The number of benzene rings is 2. The van der Waals surface area contributed by atoms with Crippen LogP contribution in [0.15, 0.2) is 47.3 Å². The molecular formula is C17H13NO4. The largest absolute Gasteiger partial charge is 0.454 e. The third-order valence-electron chi connectivity index (χ3n) is 3.91. The Morgan fingerprint density at radius 2 is 1.77 bits per heavy atom. The summed E-state index contributed by atoms with van der Waals surface area (Å²) in [6.45, 7) is 2.08. The van der Waals surface area contributed by atoms with E-state index in [0.717, 1.165) is 11.1 Å². The van der Waals surface area contributed by atoms with E-state index >= 15 is 0 Å². The van der Waals surface area contributed by atoms with Gasteiger partial charge in [-0.2, -0.15) is 0 Å². The second-order valence-electron chi connectivity index (χ2n) is 5.25. The molecule has 2 aromatic carbocycles. The van der Waals surface area contributed by atoms with Gasteiger partial charge in [0.05, 0.1) is 11.1 Å². The fraction of sp³-hybridized carbons (Fsp3) is 0.118. The second-order valence-corrected chi connectivity index (χ2v) is 5.25. The minimum Gasteiger partial charge on any atom is -0.454 e. The molecule has 0 saturated carbocycles. The van der Waals surface area contributed by atoms with Crippen LogP contribution in [0.2, 0.25) is 0 Å². The Hall–Kier alpha value is -2.95. The third-order valence-corrected chi connectivity index (χ3v) is 3.91. The van der Waals surface area contributed by atoms with Crippen molar-refractivity contribution in [3.63, 3.8) is 0 Å². The number of ether oxygens (including phenoxy) is 2. The highest BCUT2D eigenvalue weighted by atomic mass is 16.7. The van der Waals surface area contributed by atoms with Crippen molar-refractivity contribution in [3.05, 3.63) is 58.4 Å². The minimum atomic E-state index is -0.458. The van der Waals surface area contributed by atoms with Crippen LogP contribution < -0.4 is 15.0 Å². The lowest BCUT2D eigenvalue weighted by Crippen LogP contribution is -2.20. The molecule has 1 aliphatic rings. The van der Waals surface area contributed by atoms with E-state index in [1.54, 1.807) is 18.2 Å². The van der Waals surface area contributed by atoms with Crippen molar-refractivity contribution in [1.29, 1.82) is 0 Å². The van der Waals surface area contributed by atoms with Crippen molar-refractivity contribution in [2.45, 2.75) is 6.92 Å². The molecule has 2 heterocycles. The van der Waals surface area contributed by atoms with Crippen LogP contribution >= 0.6 is 0 Å². The van der Waals surface area contributed by atoms with E-state index < -0.39 is 5.56 Å². The van der Waals surface area contributed by atoms with Crippen LogP contribution in [0, 0.1) is 6.92 Å². The first-order valence-corrected chi connectivity index (χ1v) is 6.90. The average molecular weight is 295 g/mol. The molecule has 1 aliphatic heterocycles. The average Bonchev–Trinajstić information content (AvgIpc) is 2.97. The van der Waals surface area contributed by atoms with Crippen LogP contribution in [-0.4, -0.2) is 16.7 Å². The number of hydrogen-bond donors (Lipinski definition) is 1. The van der Waals surface area contributed by atoms with Crippen molar-refractivity contribution in [3.8, 4) is 22.6 Å². The Balaban J connectivity index is 2.06. The Kier molecular flexibility index (Phi) is 2.63. The zero-order valence-corrected chi connectivity index (χ0v) is 11.9. The number of nitrogens with zero attached hydrogens (tertiary/aromatic N) is 1. The molecule has 3 aromatic rings. The van der Waals surface area contributed by atoms with Crippen LogP contribution in [0.3, 0.4) is 0 Å². The van der Waals surface area contributed by atoms with Crippen molar-refractivity contribution in [1.82, 2.24) is 4.73 Å². The molecule has 1 N–H and O–H groups in total. The highest BCUT2D eigenvalue weighted by Gasteiger charge is 2.18. The molecule has 0 spiro atoms. The molecule has 110 valence electrons. The summed E-state index contributed by atoms with van der Waals surface area (Å²) in [5.74, 6) is 1.14. The highest BCUT2D eigenvalue weighted by Crippen LogP contribution is 2.36. The van der Waals surface area contributed by atoms with E-state index in [-0.39, 0.29) is 6.79 Å². The Bertz CT molecular complexity index is 959. The fourth-order valence-corrected chi connectivity index (χ4v) is 2.75. The number of hydrogen-bond acceptors (Lipinski definition) is 4. The van der Waals surface area contributed by atoms with Gasteiger partial charge >= 0.3 is 0 Å². The van der Waals surface area contributed by atoms with E-state index in [2.05, 4.69) is 0 Å². The minimum absolute atomic E-state index is 0.145. The zero-order valence-electron chi connectivity index (χ0n) is 11.9. The monoisotopic (exact) mass is 295 g/mol. The Morgan fingerprint density at radius 3 is 2.55 bits per heavy atom. The Morgan fingerprint density at radius 1 is 1.05 bits per heavy atom. The number of aromatic nitrogens is 1. The van der Waals surface area contributed by atoms with Gasteiger partial charge in [0.1, 0.15) is 0 Å². The lowest BCUT2D eigenvalue weighted by molar-refractivity contribution is 0.173. The molecular weight excluding hydrogens is 282 g/mol. The summed E-state index contributed by atoms with van der Waals surface area (Å²) < 4.78 is 11.3. The molecule has 0 bridgehead atoms. The van der Waals surface area contributed by atoms with Gasteiger partial charge in [-0.15, -0.1) is 4.73 Å². The van der Waals surface area contributed by atoms with Gasteiger partial charge in [-0.25, -0.2) is 0 Å². The maximum atomic E-state index is 12.5. The quantitative estimate of drug-likeness (QED) is 0.701. The first-order valence-electron chi connectivity index (χ1n) is 6.90. The lowest BCUT2D eigenvalue weighted by Gasteiger charge is -2.10. The van der Waals surface area contributed by atoms with E-state index in [0.29, 0.717) is 32.7 Å². The molecule has 0 aliphatic carbocycles. The summed E-state index contributed by atoms with van der Waals surface area (Å²) in [7, 11) is 0. The fourth-order valence-electron chi connectivity index (χ4n) is 2.75. The first kappa shape index (κ1) is 12.8. The number of aryl methyl sites for hydroxylation is 1. The number of fused-ring (bicyclic) bond motifs is 2. The Labute approximate surface area is 125 Å². The molecule has 1 aromatic heterocycles. The summed E-state index contributed by atoms with van der Waals surface area (Å²) >= 11 is 0. The van der Waals surface area contributed by atoms with Gasteiger partial charge in [-0.1, -0.05) is 24.3 Å². The molecule has 0 unspecified atom stereocenters. The molecule has 4 rings (SSSR count). The van der Waals surface area contributed by atoms with Crippen molar-refractivity contribution < 1.29 is 14.7 Å². The van der Waals surface area contributed by atoms with Crippen LogP contribution in [0.4, 0.5) is 0 Å². The maximum absolute atomic E-state index is 12.5. The van der Waals surface area contributed by atoms with Crippen LogP contribution in [0.25, 0.3) is 22.0 Å². The van der Waals surface area contributed by atoms with Gasteiger partial charge in [0.2, 0.25) is 6.79 Å². The van der Waals surface area contributed by atoms with Crippen molar-refractivity contribution in [2.24, 2.45) is 0 Å². The molecule has 0 radical (unpaired) electrons. The summed E-state index contributed by atoms with van der Waals surface area (Å²) in [6.07, 6.45) is 0. The normalized spacial score (nSPS) is 12.8. The molecule has 0 amide bonds. The summed E-state index contributed by atoms with van der Waals surface area (Å²) in [5, 5.41) is 10.9. The van der Waals surface area contributed by atoms with Gasteiger partial charge < -0.3 is 14.7 Å². The van der Waals surface area contributed by atoms with Crippen LogP contribution in [0.5, 0.6) is 11.5 Å². The van der Waals surface area contributed by atoms with E-state index in [9.17, 15) is 10.0 Å². The predicted octanol–water partition coefficient (Wildman–Crippen LogP) is 2.94. The highest BCUT2D eigenvalue weighted by molar-refractivity contribution is 5.87. The molecule has 5 nitrogen and oxygen atoms in total. The predicted molar refractivity (Wildman–Crippen MR) is 81.7 cm³/mol.